The number of nitrogens with zero attached hydrogens (tertiary/aromatic N) is 1. The number of carboxylic acid groups (broad SMARTS) is 1. The fraction of sp³-hybridized carbons (Fsp3) is 0.176. The number of hydrogen-bond acceptors (Lipinski definition) is 5. The normalized spacial score (nSPS) is 10.8. The van der Waals surface area contributed by atoms with Gasteiger partial charge >= 0.3 is 17.7 Å². The van der Waals surface area contributed by atoms with Gasteiger partial charge in [-0.15, -0.1) is 0 Å². The number of benzene rings is 2. The van der Waals surface area contributed by atoms with Gasteiger partial charge in [-0.2, -0.15) is 4.39 Å². The summed E-state index contributed by atoms with van der Waals surface area (Å²) >= 11 is 0. The van der Waals surface area contributed by atoms with Crippen molar-refractivity contribution in [3.05, 3.63) is 58.4 Å². The number of nitrogens with one attached hydrogen (secondary N) is 2. The molecule has 3 N–H and O–H groups in total. The van der Waals surface area contributed by atoms with Gasteiger partial charge < -0.3 is 20.5 Å². The van der Waals surface area contributed by atoms with E-state index in [1.807, 2.05) is 0 Å². The van der Waals surface area contributed by atoms with Crippen LogP contribution in [0.1, 0.15) is 13.8 Å². The second-order valence-corrected chi connectivity index (χ2v) is 5.94. The molecule has 0 saturated heterocycles. The Hall–Kier alpha value is -3.69. The van der Waals surface area contributed by atoms with Crippen LogP contribution in [0.15, 0.2) is 42.5 Å². The Labute approximate surface area is 152 Å². The summed E-state index contributed by atoms with van der Waals surface area (Å²) in [6.07, 6.45) is 0. The Morgan fingerprint density at radius 1 is 1.11 bits per heavy atom. The minimum absolute atomic E-state index is 0.0451. The summed E-state index contributed by atoms with van der Waals surface area (Å²) < 4.78 is 18.6. The van der Waals surface area contributed by atoms with Gasteiger partial charge in [-0.25, -0.2) is 9.59 Å². The second-order valence-electron chi connectivity index (χ2n) is 5.94. The highest BCUT2D eigenvalue weighted by Crippen LogP contribution is 2.23. The zero-order chi connectivity index (χ0) is 20.2. The molecular weight excluding hydrogens is 361 g/mol. The standard InChI is InChI=1S/C17H16FN3O6/c1-17(2,15(22)23)27-12-6-3-10(4-7-12)19-16(24)20-11-5-8-13(18)14(9-11)21(25)26/h3-9H,1-2H3,(H,22,23)(H2,19,20,24). The van der Waals surface area contributed by atoms with Gasteiger partial charge in [0.25, 0.3) is 0 Å². The van der Waals surface area contributed by atoms with Crippen molar-refractivity contribution in [1.82, 2.24) is 0 Å². The van der Waals surface area contributed by atoms with Crippen molar-refractivity contribution >= 4 is 29.1 Å². The number of anilines is 2. The minimum atomic E-state index is -1.41. The van der Waals surface area contributed by atoms with E-state index < -0.39 is 34.0 Å². The van der Waals surface area contributed by atoms with Crippen LogP contribution in [0.3, 0.4) is 0 Å². The quantitative estimate of drug-likeness (QED) is 0.520. The van der Waals surface area contributed by atoms with Crippen molar-refractivity contribution < 1.29 is 28.7 Å². The second kappa shape index (κ2) is 7.68. The Kier molecular flexibility index (Phi) is 5.59. The first-order valence-corrected chi connectivity index (χ1v) is 7.63. The molecule has 2 rings (SSSR count). The van der Waals surface area contributed by atoms with Crippen LogP contribution >= 0.6 is 0 Å². The van der Waals surface area contributed by atoms with Crippen LogP contribution in [0.4, 0.5) is 26.2 Å². The number of rotatable bonds is 6. The lowest BCUT2D eigenvalue weighted by Crippen LogP contribution is -2.37. The van der Waals surface area contributed by atoms with Gasteiger partial charge in [0, 0.05) is 17.4 Å². The molecule has 142 valence electrons. The Balaban J connectivity index is 2.01. The Bertz CT molecular complexity index is 883. The zero-order valence-electron chi connectivity index (χ0n) is 14.4. The van der Waals surface area contributed by atoms with Crippen LogP contribution in [0, 0.1) is 15.9 Å². The lowest BCUT2D eigenvalue weighted by atomic mass is 10.1. The lowest BCUT2D eigenvalue weighted by molar-refractivity contribution is -0.387. The Morgan fingerprint density at radius 3 is 2.22 bits per heavy atom. The van der Waals surface area contributed by atoms with Crippen LogP contribution in [-0.2, 0) is 4.79 Å². The predicted octanol–water partition coefficient (Wildman–Crippen LogP) is 3.62. The van der Waals surface area contributed by atoms with Crippen LogP contribution in [0.5, 0.6) is 5.75 Å². The molecule has 27 heavy (non-hydrogen) atoms. The molecule has 0 atom stereocenters. The van der Waals surface area contributed by atoms with E-state index in [9.17, 15) is 24.1 Å². The van der Waals surface area contributed by atoms with E-state index in [-0.39, 0.29) is 5.69 Å². The van der Waals surface area contributed by atoms with Gasteiger partial charge in [0.1, 0.15) is 5.75 Å². The first-order chi connectivity index (χ1) is 12.6. The van der Waals surface area contributed by atoms with E-state index in [1.165, 1.54) is 44.2 Å². The number of nitro benzene ring substituents is 1. The number of carbonyl (C=O) groups is 2. The topological polar surface area (TPSA) is 131 Å². The molecule has 2 aromatic carbocycles. The molecule has 0 saturated carbocycles. The summed E-state index contributed by atoms with van der Waals surface area (Å²) in [4.78, 5) is 32.8. The maximum atomic E-state index is 13.3. The summed E-state index contributed by atoms with van der Waals surface area (Å²) in [6, 6.07) is 8.19. The summed E-state index contributed by atoms with van der Waals surface area (Å²) in [5.74, 6) is -1.84. The molecule has 2 amide bonds. The van der Waals surface area contributed by atoms with Crippen LogP contribution in [-0.4, -0.2) is 27.6 Å². The summed E-state index contributed by atoms with van der Waals surface area (Å²) in [6.45, 7) is 2.80. The number of carbonyl (C=O) groups excluding carboxylic acids is 1. The molecule has 9 nitrogen and oxygen atoms in total. The summed E-state index contributed by atoms with van der Waals surface area (Å²) in [5, 5.41) is 24.6. The largest absolute Gasteiger partial charge is 0.478 e. The highest BCUT2D eigenvalue weighted by Gasteiger charge is 2.29. The number of hydrogen-bond donors (Lipinski definition) is 3. The van der Waals surface area contributed by atoms with Gasteiger partial charge in [0.15, 0.2) is 5.60 Å². The number of amides is 2. The smallest absolute Gasteiger partial charge is 0.347 e. The van der Waals surface area contributed by atoms with Gasteiger partial charge in [0.05, 0.1) is 4.92 Å². The van der Waals surface area contributed by atoms with Gasteiger partial charge in [-0.05, 0) is 50.2 Å². The molecule has 0 bridgehead atoms. The molecule has 0 unspecified atom stereocenters. The van der Waals surface area contributed by atoms with Crippen molar-refractivity contribution in [2.45, 2.75) is 19.4 Å². The van der Waals surface area contributed by atoms with E-state index in [2.05, 4.69) is 10.6 Å². The highest BCUT2D eigenvalue weighted by atomic mass is 19.1. The van der Waals surface area contributed by atoms with Crippen molar-refractivity contribution in [3.8, 4) is 5.75 Å². The third kappa shape index (κ3) is 5.14. The number of halogens is 1. The van der Waals surface area contributed by atoms with E-state index in [1.54, 1.807) is 0 Å². The molecule has 0 aromatic heterocycles. The average Bonchev–Trinajstić information content (AvgIpc) is 2.57. The van der Waals surface area contributed by atoms with Crippen molar-refractivity contribution in [2.75, 3.05) is 10.6 Å². The number of aliphatic carboxylic acids is 1. The van der Waals surface area contributed by atoms with Gasteiger partial charge in [0.2, 0.25) is 5.82 Å². The van der Waals surface area contributed by atoms with E-state index in [0.29, 0.717) is 11.4 Å². The third-order valence-corrected chi connectivity index (χ3v) is 3.40. The Morgan fingerprint density at radius 2 is 1.67 bits per heavy atom. The highest BCUT2D eigenvalue weighted by molar-refractivity contribution is 5.99. The molecule has 0 fully saturated rings. The first kappa shape index (κ1) is 19.6. The molecule has 0 spiro atoms. The molecule has 0 aliphatic heterocycles. The molecule has 0 radical (unpaired) electrons. The SMILES string of the molecule is CC(C)(Oc1ccc(NC(=O)Nc2ccc(F)c([N+](=O)[O-])c2)cc1)C(=O)O. The fourth-order valence-electron chi connectivity index (χ4n) is 1.97. The minimum Gasteiger partial charge on any atom is -0.478 e. The van der Waals surface area contributed by atoms with Crippen LogP contribution in [0.2, 0.25) is 0 Å². The van der Waals surface area contributed by atoms with Crippen molar-refractivity contribution in [2.24, 2.45) is 0 Å². The van der Waals surface area contributed by atoms with E-state index in [4.69, 9.17) is 9.84 Å². The number of urea groups is 1. The molecular formula is C17H16FN3O6. The number of carboxylic acids is 1. The summed E-state index contributed by atoms with van der Waals surface area (Å²) in [7, 11) is 0. The van der Waals surface area contributed by atoms with Gasteiger partial charge in [-0.1, -0.05) is 0 Å². The molecule has 0 heterocycles. The number of ether oxygens (including phenoxy) is 1. The van der Waals surface area contributed by atoms with Crippen molar-refractivity contribution in [3.63, 3.8) is 0 Å². The lowest BCUT2D eigenvalue weighted by Gasteiger charge is -2.21. The van der Waals surface area contributed by atoms with Crippen LogP contribution < -0.4 is 15.4 Å². The fourth-order valence-corrected chi connectivity index (χ4v) is 1.97. The monoisotopic (exact) mass is 377 g/mol. The average molecular weight is 377 g/mol. The maximum Gasteiger partial charge on any atom is 0.347 e. The summed E-state index contributed by atoms with van der Waals surface area (Å²) in [5.41, 5.74) is -1.76. The third-order valence-electron chi connectivity index (χ3n) is 3.40. The van der Waals surface area contributed by atoms with Crippen LogP contribution in [0.25, 0.3) is 0 Å². The van der Waals surface area contributed by atoms with Gasteiger partial charge in [-0.3, -0.25) is 10.1 Å². The molecule has 0 aliphatic carbocycles. The number of nitro groups is 1. The van der Waals surface area contributed by atoms with E-state index >= 15 is 0 Å². The molecule has 2 aromatic rings. The van der Waals surface area contributed by atoms with Crippen molar-refractivity contribution in [1.29, 1.82) is 0 Å². The molecule has 10 heteroatoms. The predicted molar refractivity (Wildman–Crippen MR) is 94.5 cm³/mol. The zero-order valence-corrected chi connectivity index (χ0v) is 14.4. The maximum absolute atomic E-state index is 13.3. The van der Waals surface area contributed by atoms with E-state index in [0.717, 1.165) is 12.1 Å². The first-order valence-electron chi connectivity index (χ1n) is 7.63. The molecule has 0 aliphatic rings.